The second-order valence-electron chi connectivity index (χ2n) is 7.03. The van der Waals surface area contributed by atoms with E-state index in [0.29, 0.717) is 29.9 Å². The van der Waals surface area contributed by atoms with Crippen molar-refractivity contribution in [3.05, 3.63) is 77.4 Å². The third kappa shape index (κ3) is 3.43. The van der Waals surface area contributed by atoms with Gasteiger partial charge in [-0.2, -0.15) is 0 Å². The summed E-state index contributed by atoms with van der Waals surface area (Å²) < 4.78 is 13.4. The number of halogens is 1. The smallest absolute Gasteiger partial charge is 0.109 e. The summed E-state index contributed by atoms with van der Waals surface area (Å²) >= 11 is 0. The summed E-state index contributed by atoms with van der Waals surface area (Å²) in [5.74, 6) is -0.0741. The van der Waals surface area contributed by atoms with E-state index in [0.717, 1.165) is 33.2 Å². The van der Waals surface area contributed by atoms with E-state index in [4.69, 9.17) is 5.73 Å². The standard InChI is InChI=1S/C23H21FN4/c1-14-11-16(24)7-9-19(14)21-10-8-17(13-26-21)27-28-22-12-15(2)18-5-3-4-6-20(18)23(22)25/h3-6,8,10-13H,7,9,25H2,1-2H3. The van der Waals surface area contributed by atoms with Gasteiger partial charge in [0.1, 0.15) is 17.2 Å². The average molecular weight is 372 g/mol. The monoisotopic (exact) mass is 372 g/mol. The topological polar surface area (TPSA) is 63.6 Å². The lowest BCUT2D eigenvalue weighted by Gasteiger charge is -2.14. The summed E-state index contributed by atoms with van der Waals surface area (Å²) in [5.41, 5.74) is 12.1. The number of anilines is 1. The van der Waals surface area contributed by atoms with Crippen LogP contribution in [0.2, 0.25) is 0 Å². The number of aryl methyl sites for hydroxylation is 1. The molecule has 0 spiro atoms. The van der Waals surface area contributed by atoms with E-state index in [9.17, 15) is 4.39 Å². The molecule has 4 rings (SSSR count). The molecule has 28 heavy (non-hydrogen) atoms. The highest BCUT2D eigenvalue weighted by molar-refractivity contribution is 6.00. The molecule has 1 aliphatic rings. The Labute approximate surface area is 163 Å². The van der Waals surface area contributed by atoms with Gasteiger partial charge in [-0.05, 0) is 66.6 Å². The normalized spacial score (nSPS) is 14.8. The molecular weight excluding hydrogens is 351 g/mol. The number of hydrogen-bond donors (Lipinski definition) is 1. The van der Waals surface area contributed by atoms with Crippen LogP contribution < -0.4 is 5.73 Å². The first-order valence-corrected chi connectivity index (χ1v) is 9.25. The van der Waals surface area contributed by atoms with Gasteiger partial charge in [-0.1, -0.05) is 24.3 Å². The van der Waals surface area contributed by atoms with Crippen LogP contribution in [0.3, 0.4) is 0 Å². The van der Waals surface area contributed by atoms with Gasteiger partial charge in [-0.3, -0.25) is 4.98 Å². The molecule has 0 atom stereocenters. The quantitative estimate of drug-likeness (QED) is 0.399. The number of nitrogens with zero attached hydrogens (tertiary/aromatic N) is 3. The van der Waals surface area contributed by atoms with E-state index >= 15 is 0 Å². The molecule has 2 aromatic carbocycles. The minimum atomic E-state index is -0.0741. The molecule has 4 nitrogen and oxygen atoms in total. The van der Waals surface area contributed by atoms with E-state index in [2.05, 4.69) is 15.2 Å². The fourth-order valence-corrected chi connectivity index (χ4v) is 3.54. The first-order valence-electron chi connectivity index (χ1n) is 9.25. The Morgan fingerprint density at radius 2 is 1.79 bits per heavy atom. The number of nitrogens with two attached hydrogens (primary N) is 1. The minimum absolute atomic E-state index is 0.0741. The molecule has 0 fully saturated rings. The zero-order valence-corrected chi connectivity index (χ0v) is 15.9. The van der Waals surface area contributed by atoms with Gasteiger partial charge in [0.25, 0.3) is 0 Å². The fourth-order valence-electron chi connectivity index (χ4n) is 3.54. The maximum absolute atomic E-state index is 13.4. The molecule has 2 N–H and O–H groups in total. The molecule has 0 radical (unpaired) electrons. The highest BCUT2D eigenvalue weighted by Crippen LogP contribution is 2.35. The first kappa shape index (κ1) is 18.0. The summed E-state index contributed by atoms with van der Waals surface area (Å²) in [5, 5.41) is 10.7. The Morgan fingerprint density at radius 1 is 1.00 bits per heavy atom. The molecule has 0 amide bonds. The number of benzene rings is 2. The van der Waals surface area contributed by atoms with Crippen LogP contribution in [0.4, 0.5) is 21.5 Å². The molecule has 0 bridgehead atoms. The maximum Gasteiger partial charge on any atom is 0.109 e. The third-order valence-corrected chi connectivity index (χ3v) is 5.06. The largest absolute Gasteiger partial charge is 0.396 e. The van der Waals surface area contributed by atoms with Crippen molar-refractivity contribution in [2.75, 3.05) is 5.73 Å². The van der Waals surface area contributed by atoms with Crippen molar-refractivity contribution in [2.45, 2.75) is 26.7 Å². The fraction of sp³-hybridized carbons (Fsp3) is 0.174. The molecule has 0 unspecified atom stereocenters. The predicted octanol–water partition coefficient (Wildman–Crippen LogP) is 6.96. The molecule has 1 aliphatic carbocycles. The number of fused-ring (bicyclic) bond motifs is 1. The number of hydrogen-bond acceptors (Lipinski definition) is 4. The number of aromatic nitrogens is 1. The van der Waals surface area contributed by atoms with Gasteiger partial charge >= 0.3 is 0 Å². The van der Waals surface area contributed by atoms with Crippen molar-refractivity contribution in [1.29, 1.82) is 0 Å². The maximum atomic E-state index is 13.4. The van der Waals surface area contributed by atoms with Crippen LogP contribution in [0.5, 0.6) is 0 Å². The van der Waals surface area contributed by atoms with Gasteiger partial charge in [0.05, 0.1) is 17.6 Å². The summed E-state index contributed by atoms with van der Waals surface area (Å²) in [4.78, 5) is 4.49. The average Bonchev–Trinajstić information content (AvgIpc) is 2.70. The third-order valence-electron chi connectivity index (χ3n) is 5.06. The van der Waals surface area contributed by atoms with Crippen LogP contribution in [-0.4, -0.2) is 4.98 Å². The molecule has 0 saturated carbocycles. The minimum Gasteiger partial charge on any atom is -0.396 e. The molecule has 3 aromatic rings. The van der Waals surface area contributed by atoms with Crippen molar-refractivity contribution < 1.29 is 4.39 Å². The van der Waals surface area contributed by atoms with Gasteiger partial charge in [0.15, 0.2) is 0 Å². The highest BCUT2D eigenvalue weighted by atomic mass is 19.1. The van der Waals surface area contributed by atoms with E-state index in [1.807, 2.05) is 56.3 Å². The number of pyridine rings is 1. The van der Waals surface area contributed by atoms with Crippen LogP contribution in [-0.2, 0) is 0 Å². The molecule has 1 heterocycles. The summed E-state index contributed by atoms with van der Waals surface area (Å²) in [6.45, 7) is 3.95. The molecule has 0 aliphatic heterocycles. The van der Waals surface area contributed by atoms with Gasteiger partial charge in [-0.25, -0.2) is 4.39 Å². The lowest BCUT2D eigenvalue weighted by molar-refractivity contribution is 0.588. The molecule has 1 aromatic heterocycles. The first-order chi connectivity index (χ1) is 13.5. The Bertz CT molecular complexity index is 1140. The zero-order valence-electron chi connectivity index (χ0n) is 15.9. The van der Waals surface area contributed by atoms with E-state index in [-0.39, 0.29) is 5.83 Å². The van der Waals surface area contributed by atoms with E-state index in [1.54, 1.807) is 12.3 Å². The lowest BCUT2D eigenvalue weighted by atomic mass is 9.95. The Kier molecular flexibility index (Phi) is 4.74. The van der Waals surface area contributed by atoms with Gasteiger partial charge in [-0.15, -0.1) is 10.2 Å². The van der Waals surface area contributed by atoms with Crippen molar-refractivity contribution in [3.8, 4) is 0 Å². The number of nitrogen functional groups attached to an aromatic ring is 1. The van der Waals surface area contributed by atoms with Crippen LogP contribution in [0.25, 0.3) is 16.3 Å². The lowest BCUT2D eigenvalue weighted by Crippen LogP contribution is -1.97. The van der Waals surface area contributed by atoms with Crippen LogP contribution in [0.15, 0.2) is 76.4 Å². The molecule has 140 valence electrons. The Hall–Kier alpha value is -3.34. The van der Waals surface area contributed by atoms with Gasteiger partial charge in [0, 0.05) is 11.8 Å². The van der Waals surface area contributed by atoms with E-state index in [1.165, 1.54) is 0 Å². The highest BCUT2D eigenvalue weighted by Gasteiger charge is 2.13. The zero-order chi connectivity index (χ0) is 19.7. The second kappa shape index (κ2) is 7.35. The van der Waals surface area contributed by atoms with Crippen molar-refractivity contribution in [1.82, 2.24) is 4.98 Å². The van der Waals surface area contributed by atoms with Crippen molar-refractivity contribution >= 4 is 33.4 Å². The summed E-state index contributed by atoms with van der Waals surface area (Å²) in [7, 11) is 0. The van der Waals surface area contributed by atoms with Crippen molar-refractivity contribution in [3.63, 3.8) is 0 Å². The SMILES string of the molecule is CC1=C(c2ccc(N=Nc3cc(C)c4ccccc4c3N)cn2)CCC(F)=C1. The predicted molar refractivity (Wildman–Crippen MR) is 113 cm³/mol. The van der Waals surface area contributed by atoms with Gasteiger partial charge in [0.2, 0.25) is 0 Å². The Morgan fingerprint density at radius 3 is 2.50 bits per heavy atom. The molecular formula is C23H21FN4. The summed E-state index contributed by atoms with van der Waals surface area (Å²) in [6.07, 6.45) is 4.35. The second-order valence-corrected chi connectivity index (χ2v) is 7.03. The van der Waals surface area contributed by atoms with Crippen LogP contribution in [0.1, 0.15) is 31.0 Å². The number of azo groups is 1. The summed E-state index contributed by atoms with van der Waals surface area (Å²) in [6, 6.07) is 13.7. The number of allylic oxidation sites excluding steroid dienone is 4. The van der Waals surface area contributed by atoms with Crippen LogP contribution in [0, 0.1) is 6.92 Å². The number of rotatable bonds is 3. The van der Waals surface area contributed by atoms with Crippen LogP contribution >= 0.6 is 0 Å². The van der Waals surface area contributed by atoms with E-state index < -0.39 is 0 Å². The van der Waals surface area contributed by atoms with Gasteiger partial charge < -0.3 is 5.73 Å². The van der Waals surface area contributed by atoms with Crippen molar-refractivity contribution in [2.24, 2.45) is 10.2 Å². The Balaban J connectivity index is 1.62. The molecule has 5 heteroatoms. The molecule has 0 saturated heterocycles.